The summed E-state index contributed by atoms with van der Waals surface area (Å²) in [6.45, 7) is 7.10. The van der Waals surface area contributed by atoms with Crippen molar-refractivity contribution < 1.29 is 9.47 Å². The van der Waals surface area contributed by atoms with E-state index in [2.05, 4.69) is 13.5 Å². The van der Waals surface area contributed by atoms with Crippen LogP contribution >= 0.6 is 0 Å². The standard InChI is InChI=1S/C28H48O2/c1-23-25-19-15-11-7-3-5-9-13-17-21-27(25)24(2)29-28(30-27)22-18-14-10-6-4-8-12-16-20-26(23)28/h23,25-26H,2-22H2,1H3/t23-,25+,26-,27-,28-/m1/s1. The maximum atomic E-state index is 7.25. The van der Waals surface area contributed by atoms with Crippen molar-refractivity contribution in [3.63, 3.8) is 0 Å². The molecular formula is C28H48O2. The van der Waals surface area contributed by atoms with Gasteiger partial charge in [-0.1, -0.05) is 110 Å². The highest BCUT2D eigenvalue weighted by Gasteiger charge is 2.66. The summed E-state index contributed by atoms with van der Waals surface area (Å²) in [5, 5.41) is 0. The highest BCUT2D eigenvalue weighted by molar-refractivity contribution is 5.21. The lowest BCUT2D eigenvalue weighted by Gasteiger charge is -2.51. The van der Waals surface area contributed by atoms with Gasteiger partial charge in [0.05, 0.1) is 0 Å². The van der Waals surface area contributed by atoms with E-state index >= 15 is 0 Å². The third kappa shape index (κ3) is 4.64. The fourth-order valence-corrected chi connectivity index (χ4v) is 7.47. The van der Waals surface area contributed by atoms with Crippen molar-refractivity contribution in [1.82, 2.24) is 0 Å². The maximum absolute atomic E-state index is 7.25. The highest BCUT2D eigenvalue weighted by Crippen LogP contribution is 2.62. The zero-order valence-corrected chi connectivity index (χ0v) is 19.9. The SMILES string of the molecule is C=C1O[C@@]23CCCCCCCCCC[C@@H]2[C@H](C)[C@@H]2CCCCCCCCCC[C@@]12O3. The molecule has 0 aromatic carbocycles. The van der Waals surface area contributed by atoms with Crippen LogP contribution in [0.2, 0.25) is 0 Å². The zero-order valence-electron chi connectivity index (χ0n) is 19.9. The minimum atomic E-state index is -0.372. The summed E-state index contributed by atoms with van der Waals surface area (Å²) < 4.78 is 14.1. The van der Waals surface area contributed by atoms with E-state index in [1.807, 2.05) is 0 Å². The molecular weight excluding hydrogens is 368 g/mol. The van der Waals surface area contributed by atoms with Crippen LogP contribution < -0.4 is 0 Å². The van der Waals surface area contributed by atoms with Gasteiger partial charge in [0.25, 0.3) is 0 Å². The first-order valence-corrected chi connectivity index (χ1v) is 13.8. The monoisotopic (exact) mass is 416 g/mol. The molecule has 172 valence electrons. The van der Waals surface area contributed by atoms with Gasteiger partial charge >= 0.3 is 0 Å². The Morgan fingerprint density at radius 1 is 0.633 bits per heavy atom. The second-order valence-electron chi connectivity index (χ2n) is 11.1. The molecule has 0 N–H and O–H groups in total. The van der Waals surface area contributed by atoms with E-state index in [4.69, 9.17) is 9.47 Å². The molecule has 2 heterocycles. The molecule has 2 saturated carbocycles. The Labute approximate surface area is 186 Å². The largest absolute Gasteiger partial charge is 0.464 e. The van der Waals surface area contributed by atoms with Crippen LogP contribution in [0.25, 0.3) is 0 Å². The van der Waals surface area contributed by atoms with E-state index in [1.54, 1.807) is 0 Å². The third-order valence-electron chi connectivity index (χ3n) is 9.16. The smallest absolute Gasteiger partial charge is 0.214 e. The quantitative estimate of drug-likeness (QED) is 0.393. The van der Waals surface area contributed by atoms with Gasteiger partial charge in [-0.2, -0.15) is 0 Å². The molecule has 2 spiro atoms. The van der Waals surface area contributed by atoms with Crippen molar-refractivity contribution in [2.75, 3.05) is 0 Å². The fourth-order valence-electron chi connectivity index (χ4n) is 7.47. The molecule has 2 nitrogen and oxygen atoms in total. The highest BCUT2D eigenvalue weighted by atomic mass is 16.8. The van der Waals surface area contributed by atoms with Gasteiger partial charge in [-0.3, -0.25) is 0 Å². The molecule has 2 heteroatoms. The molecule has 4 aliphatic rings. The Bertz CT molecular complexity index is 557. The zero-order chi connectivity index (χ0) is 20.9. The number of ether oxygens (including phenoxy) is 2. The predicted octanol–water partition coefficient (Wildman–Crippen LogP) is 8.69. The normalized spacial score (nSPS) is 42.3. The van der Waals surface area contributed by atoms with Gasteiger partial charge in [0.15, 0.2) is 0 Å². The summed E-state index contributed by atoms with van der Waals surface area (Å²) in [7, 11) is 0. The molecule has 2 aliphatic heterocycles. The second kappa shape index (κ2) is 10.4. The lowest BCUT2D eigenvalue weighted by Crippen LogP contribution is -2.56. The topological polar surface area (TPSA) is 18.5 Å². The van der Waals surface area contributed by atoms with E-state index in [0.717, 1.165) is 18.6 Å². The van der Waals surface area contributed by atoms with E-state index in [1.165, 1.54) is 116 Å². The van der Waals surface area contributed by atoms with Gasteiger partial charge in [-0.25, -0.2) is 0 Å². The number of rotatable bonds is 0. The van der Waals surface area contributed by atoms with E-state index in [0.29, 0.717) is 17.8 Å². The van der Waals surface area contributed by atoms with Crippen molar-refractivity contribution in [2.24, 2.45) is 17.8 Å². The molecule has 2 saturated heterocycles. The fraction of sp³-hybridized carbons (Fsp3) is 0.929. The number of hydrogen-bond acceptors (Lipinski definition) is 2. The Kier molecular flexibility index (Phi) is 7.87. The summed E-state index contributed by atoms with van der Waals surface area (Å²) in [4.78, 5) is 0. The summed E-state index contributed by atoms with van der Waals surface area (Å²) in [5.74, 6) is 2.46. The van der Waals surface area contributed by atoms with E-state index < -0.39 is 0 Å². The van der Waals surface area contributed by atoms with Crippen LogP contribution in [-0.2, 0) is 9.47 Å². The molecule has 0 aromatic heterocycles. The molecule has 0 radical (unpaired) electrons. The molecule has 5 atom stereocenters. The Hall–Kier alpha value is -0.500. The third-order valence-corrected chi connectivity index (χ3v) is 9.16. The van der Waals surface area contributed by atoms with Crippen LogP contribution in [-0.4, -0.2) is 11.4 Å². The Morgan fingerprint density at radius 3 is 1.70 bits per heavy atom. The van der Waals surface area contributed by atoms with Crippen LogP contribution in [0.15, 0.2) is 12.3 Å². The molecule has 0 unspecified atom stereocenters. The average Bonchev–Trinajstić information content (AvgIpc) is 2.97. The minimum absolute atomic E-state index is 0.202. The van der Waals surface area contributed by atoms with Crippen LogP contribution in [0.1, 0.15) is 135 Å². The second-order valence-corrected chi connectivity index (χ2v) is 11.1. The first kappa shape index (κ1) is 22.7. The van der Waals surface area contributed by atoms with E-state index in [-0.39, 0.29) is 11.4 Å². The summed E-state index contributed by atoms with van der Waals surface area (Å²) in [5.41, 5.74) is -0.202. The maximum Gasteiger partial charge on any atom is 0.214 e. The van der Waals surface area contributed by atoms with Crippen LogP contribution in [0.5, 0.6) is 0 Å². The van der Waals surface area contributed by atoms with Gasteiger partial charge in [0.2, 0.25) is 5.79 Å². The minimum Gasteiger partial charge on any atom is -0.464 e. The predicted molar refractivity (Wildman–Crippen MR) is 125 cm³/mol. The Balaban J connectivity index is 1.60. The molecule has 30 heavy (non-hydrogen) atoms. The van der Waals surface area contributed by atoms with Gasteiger partial charge in [-0.05, 0) is 37.5 Å². The van der Waals surface area contributed by atoms with Gasteiger partial charge in [0.1, 0.15) is 11.4 Å². The molecule has 2 bridgehead atoms. The van der Waals surface area contributed by atoms with Crippen molar-refractivity contribution >= 4 is 0 Å². The summed E-state index contributed by atoms with van der Waals surface area (Å²) >= 11 is 0. The first-order valence-electron chi connectivity index (χ1n) is 13.8. The Morgan fingerprint density at radius 2 is 1.10 bits per heavy atom. The van der Waals surface area contributed by atoms with Crippen LogP contribution in [0.3, 0.4) is 0 Å². The lowest BCUT2D eigenvalue weighted by atomic mass is 9.63. The van der Waals surface area contributed by atoms with Crippen molar-refractivity contribution in [3.8, 4) is 0 Å². The van der Waals surface area contributed by atoms with Crippen molar-refractivity contribution in [2.45, 2.75) is 147 Å². The summed E-state index contributed by atoms with van der Waals surface area (Å²) in [6, 6.07) is 0. The lowest BCUT2D eigenvalue weighted by molar-refractivity contribution is -0.283. The van der Waals surface area contributed by atoms with Crippen LogP contribution in [0.4, 0.5) is 0 Å². The first-order chi connectivity index (χ1) is 14.7. The molecule has 0 amide bonds. The van der Waals surface area contributed by atoms with Gasteiger partial charge in [0, 0.05) is 12.3 Å². The van der Waals surface area contributed by atoms with Crippen LogP contribution in [0, 0.1) is 17.8 Å². The summed E-state index contributed by atoms with van der Waals surface area (Å²) in [6.07, 6.45) is 26.7. The molecule has 2 aliphatic carbocycles. The van der Waals surface area contributed by atoms with Crippen molar-refractivity contribution in [1.29, 1.82) is 0 Å². The number of hydrogen-bond donors (Lipinski definition) is 0. The van der Waals surface area contributed by atoms with Crippen molar-refractivity contribution in [3.05, 3.63) is 12.3 Å². The van der Waals surface area contributed by atoms with E-state index in [9.17, 15) is 0 Å². The average molecular weight is 417 g/mol. The molecule has 4 rings (SSSR count). The molecule has 0 aromatic rings. The van der Waals surface area contributed by atoms with Gasteiger partial charge in [-0.15, -0.1) is 0 Å². The molecule has 4 fully saturated rings. The van der Waals surface area contributed by atoms with Gasteiger partial charge < -0.3 is 9.47 Å².